The number of fused-ring (bicyclic) bond motifs is 3. The topological polar surface area (TPSA) is 88.2 Å². The van der Waals surface area contributed by atoms with Crippen LogP contribution in [0.5, 0.6) is 11.5 Å². The smallest absolute Gasteiger partial charge is 0.254 e. The van der Waals surface area contributed by atoms with Crippen LogP contribution in [0.15, 0.2) is 36.4 Å². The second kappa shape index (κ2) is 8.07. The minimum atomic E-state index is -0.606. The zero-order valence-electron chi connectivity index (χ0n) is 17.9. The van der Waals surface area contributed by atoms with Gasteiger partial charge in [-0.1, -0.05) is 18.2 Å². The molecule has 33 heavy (non-hydrogen) atoms. The van der Waals surface area contributed by atoms with Gasteiger partial charge in [-0.3, -0.25) is 19.7 Å². The summed E-state index contributed by atoms with van der Waals surface area (Å²) in [5, 5.41) is 3.20. The molecule has 4 aliphatic rings. The number of rotatable bonds is 2. The van der Waals surface area contributed by atoms with Crippen molar-refractivity contribution >= 4 is 29.4 Å². The summed E-state index contributed by atoms with van der Waals surface area (Å²) in [6, 6.07) is 10.5. The van der Waals surface area contributed by atoms with Crippen molar-refractivity contribution < 1.29 is 23.9 Å². The predicted molar refractivity (Wildman–Crippen MR) is 122 cm³/mol. The fourth-order valence-electron chi connectivity index (χ4n) is 4.92. The number of hydrogen-bond donors (Lipinski definition) is 1. The summed E-state index contributed by atoms with van der Waals surface area (Å²) in [7, 11) is 0. The van der Waals surface area contributed by atoms with E-state index in [1.807, 2.05) is 36.4 Å². The van der Waals surface area contributed by atoms with E-state index in [1.165, 1.54) is 0 Å². The second-order valence-corrected chi connectivity index (χ2v) is 9.68. The van der Waals surface area contributed by atoms with Crippen LogP contribution >= 0.6 is 11.8 Å². The van der Waals surface area contributed by atoms with Gasteiger partial charge in [0.25, 0.3) is 5.91 Å². The molecule has 2 atom stereocenters. The zero-order valence-corrected chi connectivity index (χ0v) is 18.7. The monoisotopic (exact) mass is 465 g/mol. The van der Waals surface area contributed by atoms with Crippen LogP contribution in [0.2, 0.25) is 0 Å². The molecule has 2 aromatic carbocycles. The molecule has 4 aliphatic heterocycles. The van der Waals surface area contributed by atoms with Gasteiger partial charge in [0.15, 0.2) is 17.3 Å². The molecule has 0 saturated carbocycles. The SMILES string of the molecule is O=C1Cc2ccc(-c3ccc4c(c3)OCO4)cc2C(=O)N2CCN(C(=O)[C@@H]3CSCN3)C[C@H]12. The fraction of sp³-hybridized carbons (Fsp3) is 0.375. The van der Waals surface area contributed by atoms with Crippen LogP contribution < -0.4 is 14.8 Å². The maximum Gasteiger partial charge on any atom is 0.254 e. The molecule has 8 nitrogen and oxygen atoms in total. The number of Topliss-reactive ketones (excluding diaryl/α,β-unsaturated/α-hetero) is 1. The third kappa shape index (κ3) is 3.55. The highest BCUT2D eigenvalue weighted by atomic mass is 32.2. The summed E-state index contributed by atoms with van der Waals surface area (Å²) in [6.07, 6.45) is 0.184. The molecular weight excluding hydrogens is 442 g/mol. The fourth-order valence-corrected chi connectivity index (χ4v) is 5.85. The average Bonchev–Trinajstić information content (AvgIpc) is 3.53. The van der Waals surface area contributed by atoms with Crippen molar-refractivity contribution in [2.24, 2.45) is 0 Å². The van der Waals surface area contributed by atoms with E-state index in [4.69, 9.17) is 9.47 Å². The van der Waals surface area contributed by atoms with Gasteiger partial charge in [0.2, 0.25) is 12.7 Å². The normalized spacial score (nSPS) is 23.9. The first-order chi connectivity index (χ1) is 16.1. The number of ether oxygens (including phenoxy) is 2. The number of carbonyl (C=O) groups is 3. The molecule has 4 heterocycles. The summed E-state index contributed by atoms with van der Waals surface area (Å²) >= 11 is 1.69. The lowest BCUT2D eigenvalue weighted by Crippen LogP contribution is -2.61. The molecule has 2 saturated heterocycles. The van der Waals surface area contributed by atoms with Gasteiger partial charge in [-0.2, -0.15) is 0 Å². The molecule has 0 unspecified atom stereocenters. The molecule has 1 N–H and O–H groups in total. The van der Waals surface area contributed by atoms with Gasteiger partial charge in [-0.25, -0.2) is 0 Å². The lowest BCUT2D eigenvalue weighted by atomic mass is 9.96. The van der Waals surface area contributed by atoms with Gasteiger partial charge in [-0.05, 0) is 34.9 Å². The van der Waals surface area contributed by atoms with Crippen LogP contribution in [0, 0.1) is 0 Å². The Balaban J connectivity index is 1.28. The van der Waals surface area contributed by atoms with Crippen LogP contribution in [0.25, 0.3) is 11.1 Å². The first-order valence-electron chi connectivity index (χ1n) is 11.0. The Kier molecular flexibility index (Phi) is 5.03. The molecule has 170 valence electrons. The quantitative estimate of drug-likeness (QED) is 0.720. The number of thioether (sulfide) groups is 1. The van der Waals surface area contributed by atoms with Gasteiger partial charge in [0, 0.05) is 43.2 Å². The Labute approximate surface area is 195 Å². The van der Waals surface area contributed by atoms with Crippen molar-refractivity contribution in [1.82, 2.24) is 15.1 Å². The standard InChI is InChI=1S/C24H23N3O5S/c28-20-8-16-2-1-14(15-3-4-21-22(9-15)32-13-31-21)7-17(16)23(29)27-6-5-26(10-19(20)27)24(30)18-11-33-12-25-18/h1-4,7,9,18-19,25H,5-6,8,10-13H2/t18-,19+/m0/s1. The van der Waals surface area contributed by atoms with Gasteiger partial charge in [0.1, 0.15) is 6.04 Å². The number of ketones is 1. The molecule has 9 heteroatoms. The van der Waals surface area contributed by atoms with E-state index >= 15 is 0 Å². The average molecular weight is 466 g/mol. The number of piperazine rings is 1. The molecule has 0 aromatic heterocycles. The molecule has 6 rings (SSSR count). The highest BCUT2D eigenvalue weighted by molar-refractivity contribution is 7.99. The maximum absolute atomic E-state index is 13.5. The van der Waals surface area contributed by atoms with E-state index in [2.05, 4.69) is 5.32 Å². The minimum Gasteiger partial charge on any atom is -0.454 e. The number of carbonyl (C=O) groups excluding carboxylic acids is 3. The van der Waals surface area contributed by atoms with Crippen molar-refractivity contribution in [3.63, 3.8) is 0 Å². The lowest BCUT2D eigenvalue weighted by molar-refractivity contribution is -0.137. The van der Waals surface area contributed by atoms with Crippen LogP contribution in [-0.2, 0) is 16.0 Å². The Morgan fingerprint density at radius 3 is 2.70 bits per heavy atom. The predicted octanol–water partition coefficient (Wildman–Crippen LogP) is 1.52. The molecule has 0 aliphatic carbocycles. The minimum absolute atomic E-state index is 0.0201. The van der Waals surface area contributed by atoms with Crippen LogP contribution in [0.1, 0.15) is 15.9 Å². The van der Waals surface area contributed by atoms with Gasteiger partial charge in [-0.15, -0.1) is 11.8 Å². The van der Waals surface area contributed by atoms with Crippen LogP contribution in [0.4, 0.5) is 0 Å². The Bertz CT molecular complexity index is 1160. The molecular formula is C24H23N3O5S. The van der Waals surface area contributed by atoms with Crippen molar-refractivity contribution in [3.8, 4) is 22.6 Å². The summed E-state index contributed by atoms with van der Waals surface area (Å²) in [5.74, 6) is 2.74. The largest absolute Gasteiger partial charge is 0.454 e. The number of nitrogens with zero attached hydrogens (tertiary/aromatic N) is 2. The molecule has 2 aromatic rings. The summed E-state index contributed by atoms with van der Waals surface area (Å²) in [5.41, 5.74) is 3.08. The third-order valence-electron chi connectivity index (χ3n) is 6.75. The summed E-state index contributed by atoms with van der Waals surface area (Å²) < 4.78 is 10.9. The maximum atomic E-state index is 13.5. The molecule has 0 bridgehead atoms. The van der Waals surface area contributed by atoms with E-state index in [0.717, 1.165) is 28.3 Å². The van der Waals surface area contributed by atoms with Crippen LogP contribution in [-0.4, -0.2) is 77.5 Å². The van der Waals surface area contributed by atoms with Crippen molar-refractivity contribution in [3.05, 3.63) is 47.5 Å². The first-order valence-corrected chi connectivity index (χ1v) is 12.2. The second-order valence-electron chi connectivity index (χ2n) is 8.65. The number of amides is 2. The highest BCUT2D eigenvalue weighted by Crippen LogP contribution is 2.37. The Morgan fingerprint density at radius 1 is 1.03 bits per heavy atom. The number of hydrogen-bond acceptors (Lipinski definition) is 7. The molecule has 2 amide bonds. The molecule has 0 radical (unpaired) electrons. The van der Waals surface area contributed by atoms with E-state index in [-0.39, 0.29) is 43.4 Å². The summed E-state index contributed by atoms with van der Waals surface area (Å²) in [4.78, 5) is 42.9. The Hall–Kier alpha value is -3.04. The first kappa shape index (κ1) is 20.6. The zero-order chi connectivity index (χ0) is 22.5. The summed E-state index contributed by atoms with van der Waals surface area (Å²) in [6.45, 7) is 1.26. The van der Waals surface area contributed by atoms with Crippen molar-refractivity contribution in [1.29, 1.82) is 0 Å². The lowest BCUT2D eigenvalue weighted by Gasteiger charge is -2.40. The van der Waals surface area contributed by atoms with E-state index < -0.39 is 6.04 Å². The van der Waals surface area contributed by atoms with E-state index in [1.54, 1.807) is 21.6 Å². The van der Waals surface area contributed by atoms with E-state index in [9.17, 15) is 14.4 Å². The van der Waals surface area contributed by atoms with Gasteiger partial charge >= 0.3 is 0 Å². The molecule has 2 fully saturated rings. The van der Waals surface area contributed by atoms with E-state index in [0.29, 0.717) is 30.2 Å². The van der Waals surface area contributed by atoms with Crippen LogP contribution in [0.3, 0.4) is 0 Å². The van der Waals surface area contributed by atoms with Crippen molar-refractivity contribution in [2.75, 3.05) is 38.1 Å². The number of benzene rings is 2. The van der Waals surface area contributed by atoms with Gasteiger partial charge < -0.3 is 19.3 Å². The van der Waals surface area contributed by atoms with Gasteiger partial charge in [0.05, 0.1) is 6.04 Å². The highest BCUT2D eigenvalue weighted by Gasteiger charge is 2.41. The third-order valence-corrected chi connectivity index (χ3v) is 7.69. The number of nitrogens with one attached hydrogen (secondary N) is 1. The Morgan fingerprint density at radius 2 is 1.85 bits per heavy atom. The molecule has 0 spiro atoms. The van der Waals surface area contributed by atoms with Crippen molar-refractivity contribution in [2.45, 2.75) is 18.5 Å².